The second kappa shape index (κ2) is 7.38. The van der Waals surface area contributed by atoms with Crippen molar-refractivity contribution >= 4 is 21.8 Å². The lowest BCUT2D eigenvalue weighted by Gasteiger charge is -2.05. The molecular weight excluding hydrogens is 356 g/mol. The van der Waals surface area contributed by atoms with Crippen LogP contribution < -0.4 is 11.3 Å². The third-order valence-corrected chi connectivity index (χ3v) is 4.78. The highest BCUT2D eigenvalue weighted by Crippen LogP contribution is 2.16. The van der Waals surface area contributed by atoms with Gasteiger partial charge in [-0.05, 0) is 61.1 Å². The van der Waals surface area contributed by atoms with E-state index in [1.54, 1.807) is 13.8 Å². The predicted molar refractivity (Wildman–Crippen MR) is 107 cm³/mol. The van der Waals surface area contributed by atoms with Crippen LogP contribution in [-0.4, -0.2) is 9.97 Å². The Bertz CT molecular complexity index is 1190. The van der Waals surface area contributed by atoms with Crippen LogP contribution in [0.2, 0.25) is 0 Å². The maximum Gasteiger partial charge on any atom is 0.346 e. The Morgan fingerprint density at radius 1 is 0.714 bits per heavy atom. The Balaban J connectivity index is 1.42. The summed E-state index contributed by atoms with van der Waals surface area (Å²) in [7, 11) is 0. The Hall–Kier alpha value is -3.28. The zero-order chi connectivity index (χ0) is 19.7. The zero-order valence-electron chi connectivity index (χ0n) is 15.8. The van der Waals surface area contributed by atoms with Gasteiger partial charge in [0.15, 0.2) is 11.8 Å². The van der Waals surface area contributed by atoms with Crippen molar-refractivity contribution in [2.75, 3.05) is 0 Å². The first kappa shape index (κ1) is 18.1. The number of unbranched alkanes of at least 4 members (excludes halogenated alkanes) is 1. The number of aromatic nitrogens is 2. The molecule has 142 valence electrons. The molecule has 4 rings (SSSR count). The number of aryl methyl sites for hydroxylation is 4. The highest BCUT2D eigenvalue weighted by atomic mass is 16.4. The van der Waals surface area contributed by atoms with Gasteiger partial charge >= 0.3 is 11.3 Å². The molecule has 0 radical (unpaired) electrons. The topological polar surface area (TPSA) is 86.2 Å². The molecule has 2 aromatic heterocycles. The number of hydrogen-bond donors (Lipinski definition) is 0. The molecule has 4 aromatic rings. The fourth-order valence-electron chi connectivity index (χ4n) is 3.42. The fourth-order valence-corrected chi connectivity index (χ4v) is 3.42. The molecule has 0 aliphatic rings. The highest BCUT2D eigenvalue weighted by Gasteiger charge is 2.07. The minimum absolute atomic E-state index is 0.344. The number of rotatable bonds is 5. The number of nitrogens with zero attached hydrogens (tertiary/aromatic N) is 2. The van der Waals surface area contributed by atoms with Crippen molar-refractivity contribution in [2.24, 2.45) is 0 Å². The molecule has 0 fully saturated rings. The molecule has 0 N–H and O–H groups in total. The van der Waals surface area contributed by atoms with E-state index < -0.39 is 0 Å². The molecular formula is C22H20N2O4. The van der Waals surface area contributed by atoms with Crippen LogP contribution in [0.1, 0.15) is 35.7 Å². The van der Waals surface area contributed by atoms with Crippen LogP contribution in [0.3, 0.4) is 0 Å². The normalized spacial score (nSPS) is 11.4. The monoisotopic (exact) mass is 376 g/mol. The van der Waals surface area contributed by atoms with E-state index in [0.717, 1.165) is 36.8 Å². The maximum atomic E-state index is 12.0. The summed E-state index contributed by atoms with van der Waals surface area (Å²) in [6, 6.07) is 11.5. The minimum Gasteiger partial charge on any atom is -0.408 e. The minimum atomic E-state index is -0.344. The lowest BCUT2D eigenvalue weighted by Crippen LogP contribution is -2.04. The fraction of sp³-hybridized carbons (Fsp3) is 0.273. The van der Waals surface area contributed by atoms with Crippen LogP contribution in [0, 0.1) is 13.8 Å². The molecule has 0 unspecified atom stereocenters. The van der Waals surface area contributed by atoms with Crippen LogP contribution in [0.5, 0.6) is 0 Å². The van der Waals surface area contributed by atoms with Crippen LogP contribution in [0.4, 0.5) is 0 Å². The molecule has 0 saturated heterocycles. The van der Waals surface area contributed by atoms with Gasteiger partial charge in [-0.1, -0.05) is 12.1 Å². The van der Waals surface area contributed by atoms with Gasteiger partial charge in [-0.25, -0.2) is 19.6 Å². The third kappa shape index (κ3) is 3.71. The lowest BCUT2D eigenvalue weighted by atomic mass is 10.0. The average Bonchev–Trinajstić information content (AvgIpc) is 2.65. The highest BCUT2D eigenvalue weighted by molar-refractivity contribution is 5.78. The van der Waals surface area contributed by atoms with Crippen LogP contribution in [0.25, 0.3) is 21.8 Å². The smallest absolute Gasteiger partial charge is 0.346 e. The first-order chi connectivity index (χ1) is 13.5. The van der Waals surface area contributed by atoms with Crippen LogP contribution in [0.15, 0.2) is 54.8 Å². The first-order valence-electron chi connectivity index (χ1n) is 9.30. The molecule has 0 bridgehead atoms. The van der Waals surface area contributed by atoms with Gasteiger partial charge in [0, 0.05) is 13.8 Å². The molecule has 6 heteroatoms. The summed E-state index contributed by atoms with van der Waals surface area (Å²) < 4.78 is 10.2. The quantitative estimate of drug-likeness (QED) is 0.492. The Labute approximate surface area is 160 Å². The SMILES string of the molecule is Cc1nc2ccc(CCCCc3ccc4nc(C)oc(=O)c4c3)cc2c(=O)o1. The predicted octanol–water partition coefficient (Wildman–Crippen LogP) is 3.87. The zero-order valence-corrected chi connectivity index (χ0v) is 15.8. The van der Waals surface area contributed by atoms with Gasteiger partial charge in [0.2, 0.25) is 0 Å². The van der Waals surface area contributed by atoms with E-state index in [2.05, 4.69) is 9.97 Å². The maximum absolute atomic E-state index is 12.0. The van der Waals surface area contributed by atoms with Crippen molar-refractivity contribution in [3.8, 4) is 0 Å². The summed E-state index contributed by atoms with van der Waals surface area (Å²) >= 11 is 0. The van der Waals surface area contributed by atoms with Crippen LogP contribution in [-0.2, 0) is 12.8 Å². The van der Waals surface area contributed by atoms with Crippen molar-refractivity contribution < 1.29 is 8.83 Å². The molecule has 0 saturated carbocycles. The van der Waals surface area contributed by atoms with Gasteiger partial charge in [0.25, 0.3) is 0 Å². The van der Waals surface area contributed by atoms with E-state index in [4.69, 9.17) is 8.83 Å². The Morgan fingerprint density at radius 3 is 1.57 bits per heavy atom. The molecule has 0 atom stereocenters. The summed E-state index contributed by atoms with van der Waals surface area (Å²) in [5, 5.41) is 1.04. The Morgan fingerprint density at radius 2 is 1.14 bits per heavy atom. The molecule has 6 nitrogen and oxygen atoms in total. The summed E-state index contributed by atoms with van der Waals surface area (Å²) in [6.07, 6.45) is 3.66. The molecule has 2 heterocycles. The van der Waals surface area contributed by atoms with E-state index in [1.165, 1.54) is 0 Å². The molecule has 0 aliphatic heterocycles. The largest absolute Gasteiger partial charge is 0.408 e. The van der Waals surface area contributed by atoms with Gasteiger partial charge in [-0.15, -0.1) is 0 Å². The molecule has 28 heavy (non-hydrogen) atoms. The van der Waals surface area contributed by atoms with E-state index in [0.29, 0.717) is 33.6 Å². The third-order valence-electron chi connectivity index (χ3n) is 4.78. The van der Waals surface area contributed by atoms with E-state index in [9.17, 15) is 9.59 Å². The molecule has 0 amide bonds. The van der Waals surface area contributed by atoms with Gasteiger partial charge < -0.3 is 8.83 Å². The van der Waals surface area contributed by atoms with E-state index in [-0.39, 0.29) is 11.3 Å². The second-order valence-corrected chi connectivity index (χ2v) is 6.95. The lowest BCUT2D eigenvalue weighted by molar-refractivity contribution is 0.466. The standard InChI is InChI=1S/C22H20N2O4/c1-13-23-19-9-7-15(11-17(19)21(25)27-13)5-3-4-6-16-8-10-20-18(12-16)22(26)28-14(2)24-20/h7-12H,3-6H2,1-2H3. The van der Waals surface area contributed by atoms with Crippen molar-refractivity contribution in [1.29, 1.82) is 0 Å². The molecule has 0 spiro atoms. The van der Waals surface area contributed by atoms with Gasteiger partial charge in [-0.3, -0.25) is 0 Å². The van der Waals surface area contributed by atoms with E-state index >= 15 is 0 Å². The first-order valence-corrected chi connectivity index (χ1v) is 9.30. The Kier molecular flexibility index (Phi) is 4.77. The van der Waals surface area contributed by atoms with Crippen molar-refractivity contribution in [3.05, 3.63) is 80.1 Å². The van der Waals surface area contributed by atoms with Crippen molar-refractivity contribution in [3.63, 3.8) is 0 Å². The van der Waals surface area contributed by atoms with Crippen molar-refractivity contribution in [2.45, 2.75) is 39.5 Å². The average molecular weight is 376 g/mol. The van der Waals surface area contributed by atoms with E-state index in [1.807, 2.05) is 36.4 Å². The summed E-state index contributed by atoms with van der Waals surface area (Å²) in [5.41, 5.74) is 2.81. The molecule has 0 aliphatic carbocycles. The number of fused-ring (bicyclic) bond motifs is 2. The molecule has 2 aromatic carbocycles. The van der Waals surface area contributed by atoms with Gasteiger partial charge in [0.05, 0.1) is 21.8 Å². The second-order valence-electron chi connectivity index (χ2n) is 6.95. The number of hydrogen-bond acceptors (Lipinski definition) is 6. The van der Waals surface area contributed by atoms with Crippen molar-refractivity contribution in [1.82, 2.24) is 9.97 Å². The van der Waals surface area contributed by atoms with Crippen LogP contribution >= 0.6 is 0 Å². The summed E-state index contributed by atoms with van der Waals surface area (Å²) in [4.78, 5) is 32.4. The van der Waals surface area contributed by atoms with Gasteiger partial charge in [0.1, 0.15) is 0 Å². The van der Waals surface area contributed by atoms with Gasteiger partial charge in [-0.2, -0.15) is 0 Å². The summed E-state index contributed by atoms with van der Waals surface area (Å²) in [6.45, 7) is 3.34. The summed E-state index contributed by atoms with van der Waals surface area (Å²) in [5.74, 6) is 0.750. The number of benzene rings is 2.